The molecule has 2 heterocycles. The van der Waals surface area contributed by atoms with Gasteiger partial charge < -0.3 is 10.2 Å². The van der Waals surface area contributed by atoms with Crippen LogP contribution in [0.5, 0.6) is 0 Å². The zero-order chi connectivity index (χ0) is 20.9. The maximum absolute atomic E-state index is 13.1. The van der Waals surface area contributed by atoms with E-state index in [1.807, 2.05) is 9.80 Å². The maximum atomic E-state index is 13.1. The molecule has 0 saturated carbocycles. The molecule has 3 rings (SSSR count). The molecule has 5 nitrogen and oxygen atoms in total. The van der Waals surface area contributed by atoms with Crippen molar-refractivity contribution in [3.63, 3.8) is 0 Å². The highest BCUT2D eigenvalue weighted by molar-refractivity contribution is 5.93. The summed E-state index contributed by atoms with van der Waals surface area (Å²) in [5, 5.41) is 2.38. The van der Waals surface area contributed by atoms with E-state index in [2.05, 4.69) is 5.32 Å². The zero-order valence-corrected chi connectivity index (χ0v) is 16.5. The van der Waals surface area contributed by atoms with Gasteiger partial charge in [-0.1, -0.05) is 25.0 Å². The second-order valence-electron chi connectivity index (χ2n) is 7.88. The monoisotopic (exact) mass is 411 g/mol. The topological polar surface area (TPSA) is 52.7 Å². The van der Waals surface area contributed by atoms with E-state index in [0.29, 0.717) is 25.9 Å². The number of amides is 2. The van der Waals surface area contributed by atoms with Gasteiger partial charge in [-0.25, -0.2) is 0 Å². The van der Waals surface area contributed by atoms with E-state index in [0.717, 1.165) is 32.0 Å². The molecule has 0 atom stereocenters. The average molecular weight is 411 g/mol. The van der Waals surface area contributed by atoms with Crippen molar-refractivity contribution >= 4 is 17.5 Å². The Balaban J connectivity index is 1.48. The number of piperidine rings is 1. The van der Waals surface area contributed by atoms with Crippen LogP contribution in [0.1, 0.15) is 44.1 Å². The van der Waals surface area contributed by atoms with E-state index >= 15 is 0 Å². The van der Waals surface area contributed by atoms with Crippen molar-refractivity contribution in [2.75, 3.05) is 38.0 Å². The van der Waals surface area contributed by atoms with E-state index in [9.17, 15) is 22.8 Å². The second kappa shape index (κ2) is 9.61. The SMILES string of the molecule is O=C(CN1CCC(C(=O)N2CCCCCC2)CC1)Nc1ccccc1C(F)(F)F. The van der Waals surface area contributed by atoms with E-state index in [-0.39, 0.29) is 24.1 Å². The number of carbonyl (C=O) groups excluding carboxylic acids is 2. The number of para-hydroxylation sites is 1. The number of anilines is 1. The number of nitrogens with zero attached hydrogens (tertiary/aromatic N) is 2. The summed E-state index contributed by atoms with van der Waals surface area (Å²) in [6.07, 6.45) is 1.32. The number of halogens is 3. The van der Waals surface area contributed by atoms with Gasteiger partial charge in [-0.2, -0.15) is 13.2 Å². The first-order chi connectivity index (χ1) is 13.8. The molecule has 0 unspecified atom stereocenters. The third kappa shape index (κ3) is 5.95. The minimum atomic E-state index is -4.52. The van der Waals surface area contributed by atoms with Gasteiger partial charge in [-0.05, 0) is 50.9 Å². The first-order valence-corrected chi connectivity index (χ1v) is 10.3. The molecule has 160 valence electrons. The van der Waals surface area contributed by atoms with Crippen molar-refractivity contribution < 1.29 is 22.8 Å². The summed E-state index contributed by atoms with van der Waals surface area (Å²) in [4.78, 5) is 28.9. The van der Waals surface area contributed by atoms with Crippen LogP contribution in [0.15, 0.2) is 24.3 Å². The lowest BCUT2D eigenvalue weighted by molar-refractivity contribution is -0.137. The van der Waals surface area contributed by atoms with Crippen molar-refractivity contribution in [3.05, 3.63) is 29.8 Å². The molecule has 1 aromatic carbocycles. The van der Waals surface area contributed by atoms with E-state index in [1.54, 1.807) is 0 Å². The molecule has 0 bridgehead atoms. The van der Waals surface area contributed by atoms with Crippen molar-refractivity contribution in [2.45, 2.75) is 44.7 Å². The molecule has 0 aromatic heterocycles. The fraction of sp³-hybridized carbons (Fsp3) is 0.619. The molecule has 1 N–H and O–H groups in total. The molecule has 29 heavy (non-hydrogen) atoms. The summed E-state index contributed by atoms with van der Waals surface area (Å²) < 4.78 is 39.2. The van der Waals surface area contributed by atoms with Crippen LogP contribution in [-0.2, 0) is 15.8 Å². The number of carbonyl (C=O) groups is 2. The van der Waals surface area contributed by atoms with Crippen LogP contribution in [0.25, 0.3) is 0 Å². The highest BCUT2D eigenvalue weighted by atomic mass is 19.4. The van der Waals surface area contributed by atoms with Crippen LogP contribution in [0.4, 0.5) is 18.9 Å². The van der Waals surface area contributed by atoms with Crippen molar-refractivity contribution in [2.24, 2.45) is 5.92 Å². The Morgan fingerprint density at radius 3 is 2.21 bits per heavy atom. The first-order valence-electron chi connectivity index (χ1n) is 10.3. The van der Waals surface area contributed by atoms with Gasteiger partial charge in [-0.15, -0.1) is 0 Å². The fourth-order valence-corrected chi connectivity index (χ4v) is 4.12. The predicted octanol–water partition coefficient (Wildman–Crippen LogP) is 3.76. The second-order valence-corrected chi connectivity index (χ2v) is 7.88. The van der Waals surface area contributed by atoms with Crippen LogP contribution in [-0.4, -0.2) is 54.3 Å². The van der Waals surface area contributed by atoms with Gasteiger partial charge in [0.15, 0.2) is 0 Å². The number of hydrogen-bond donors (Lipinski definition) is 1. The Hall–Kier alpha value is -2.09. The molecule has 2 amide bonds. The number of likely N-dealkylation sites (tertiary alicyclic amines) is 2. The van der Waals surface area contributed by atoms with Gasteiger partial charge in [0.25, 0.3) is 0 Å². The Morgan fingerprint density at radius 1 is 0.966 bits per heavy atom. The maximum Gasteiger partial charge on any atom is 0.418 e. The Morgan fingerprint density at radius 2 is 1.59 bits per heavy atom. The fourth-order valence-electron chi connectivity index (χ4n) is 4.12. The molecule has 0 radical (unpaired) electrons. The third-order valence-electron chi connectivity index (χ3n) is 5.73. The molecule has 2 saturated heterocycles. The smallest absolute Gasteiger partial charge is 0.342 e. The summed E-state index contributed by atoms with van der Waals surface area (Å²) in [6.45, 7) is 2.88. The van der Waals surface area contributed by atoms with Crippen molar-refractivity contribution in [3.8, 4) is 0 Å². The van der Waals surface area contributed by atoms with Crippen molar-refractivity contribution in [1.29, 1.82) is 0 Å². The first kappa shape index (κ1) is 21.6. The molecule has 0 aliphatic carbocycles. The molecule has 2 aliphatic rings. The highest BCUT2D eigenvalue weighted by Gasteiger charge is 2.34. The van der Waals surface area contributed by atoms with Gasteiger partial charge in [0, 0.05) is 19.0 Å². The van der Waals surface area contributed by atoms with Gasteiger partial charge in [0.05, 0.1) is 17.8 Å². The lowest BCUT2D eigenvalue weighted by Crippen LogP contribution is -2.44. The zero-order valence-electron chi connectivity index (χ0n) is 16.5. The van der Waals surface area contributed by atoms with Crippen LogP contribution in [0, 0.1) is 5.92 Å². The lowest BCUT2D eigenvalue weighted by Gasteiger charge is -2.33. The highest BCUT2D eigenvalue weighted by Crippen LogP contribution is 2.34. The predicted molar refractivity (Wildman–Crippen MR) is 104 cm³/mol. The van der Waals surface area contributed by atoms with Gasteiger partial charge in [-0.3, -0.25) is 14.5 Å². The minimum Gasteiger partial charge on any atom is -0.342 e. The van der Waals surface area contributed by atoms with Crippen molar-refractivity contribution in [1.82, 2.24) is 9.80 Å². The van der Waals surface area contributed by atoms with Gasteiger partial charge >= 0.3 is 6.18 Å². The third-order valence-corrected chi connectivity index (χ3v) is 5.73. The summed E-state index contributed by atoms with van der Waals surface area (Å²) >= 11 is 0. The standard InChI is InChI=1S/C21H28F3N3O2/c22-21(23,24)17-7-3-4-8-18(17)25-19(28)15-26-13-9-16(10-14-26)20(29)27-11-5-1-2-6-12-27/h3-4,7-8,16H,1-2,5-6,9-15H2,(H,25,28). The number of hydrogen-bond acceptors (Lipinski definition) is 3. The Bertz CT molecular complexity index is 707. The summed E-state index contributed by atoms with van der Waals surface area (Å²) in [6, 6.07) is 4.97. The van der Waals surface area contributed by atoms with E-state index in [4.69, 9.17) is 0 Å². The minimum absolute atomic E-state index is 0.0154. The average Bonchev–Trinajstić information content (AvgIpc) is 2.97. The molecule has 0 spiro atoms. The Kier molecular flexibility index (Phi) is 7.16. The molecule has 8 heteroatoms. The molecular formula is C21H28F3N3O2. The quantitative estimate of drug-likeness (QED) is 0.821. The largest absolute Gasteiger partial charge is 0.418 e. The molecule has 2 aliphatic heterocycles. The van der Waals surface area contributed by atoms with Gasteiger partial charge in [0.2, 0.25) is 11.8 Å². The number of rotatable bonds is 4. The summed E-state index contributed by atoms with van der Waals surface area (Å²) in [5.74, 6) is -0.271. The number of alkyl halides is 3. The van der Waals surface area contributed by atoms with Gasteiger partial charge in [0.1, 0.15) is 0 Å². The van der Waals surface area contributed by atoms with E-state index in [1.165, 1.54) is 31.0 Å². The number of nitrogens with one attached hydrogen (secondary N) is 1. The van der Waals surface area contributed by atoms with Crippen LogP contribution in [0.2, 0.25) is 0 Å². The molecule has 1 aromatic rings. The lowest BCUT2D eigenvalue weighted by atomic mass is 9.95. The molecular weight excluding hydrogens is 383 g/mol. The Labute approximate surface area is 169 Å². The van der Waals surface area contributed by atoms with E-state index < -0.39 is 17.6 Å². The number of benzene rings is 1. The summed E-state index contributed by atoms with van der Waals surface area (Å²) in [5.41, 5.74) is -1.08. The normalized spacial score (nSPS) is 19.6. The van der Waals surface area contributed by atoms with Crippen LogP contribution >= 0.6 is 0 Å². The van der Waals surface area contributed by atoms with Crippen LogP contribution < -0.4 is 5.32 Å². The molecule has 2 fully saturated rings. The van der Waals surface area contributed by atoms with Crippen LogP contribution in [0.3, 0.4) is 0 Å². The summed E-state index contributed by atoms with van der Waals surface area (Å²) in [7, 11) is 0.